The number of ether oxygens (including phenoxy) is 2. The third-order valence-corrected chi connectivity index (χ3v) is 3.53. The molecule has 18 heavy (non-hydrogen) atoms. The van der Waals surface area contributed by atoms with Crippen molar-refractivity contribution in [2.75, 3.05) is 13.7 Å². The number of hydrogen-bond acceptors (Lipinski definition) is 4. The third kappa shape index (κ3) is 3.24. The largest absolute Gasteiger partial charge is 0.497 e. The van der Waals surface area contributed by atoms with Crippen LogP contribution in [-0.2, 0) is 0 Å². The zero-order valence-electron chi connectivity index (χ0n) is 9.68. The molecule has 94 valence electrons. The summed E-state index contributed by atoms with van der Waals surface area (Å²) in [6.07, 6.45) is 0. The van der Waals surface area contributed by atoms with Crippen LogP contribution >= 0.6 is 22.9 Å². The number of hydrogen-bond donors (Lipinski definition) is 0. The van der Waals surface area contributed by atoms with E-state index >= 15 is 0 Å². The van der Waals surface area contributed by atoms with Gasteiger partial charge in [0.2, 0.25) is 5.78 Å². The number of carbonyl (C=O) groups excluding carboxylic acids is 1. The normalized spacial score (nSPS) is 10.1. The fourth-order valence-electron chi connectivity index (χ4n) is 1.38. The predicted molar refractivity (Wildman–Crippen MR) is 72.1 cm³/mol. The summed E-state index contributed by atoms with van der Waals surface area (Å²) in [6.45, 7) is -0.00991. The molecule has 5 heteroatoms. The van der Waals surface area contributed by atoms with E-state index in [9.17, 15) is 4.79 Å². The van der Waals surface area contributed by atoms with Gasteiger partial charge >= 0.3 is 0 Å². The minimum atomic E-state index is -0.0882. The van der Waals surface area contributed by atoms with Crippen molar-refractivity contribution in [2.45, 2.75) is 0 Å². The van der Waals surface area contributed by atoms with E-state index in [-0.39, 0.29) is 12.4 Å². The monoisotopic (exact) mass is 282 g/mol. The van der Waals surface area contributed by atoms with Crippen LogP contribution in [0.3, 0.4) is 0 Å². The van der Waals surface area contributed by atoms with E-state index in [1.807, 2.05) is 6.07 Å². The Bertz CT molecular complexity index is 551. The number of halogens is 1. The van der Waals surface area contributed by atoms with Crippen molar-refractivity contribution in [1.82, 2.24) is 0 Å². The highest BCUT2D eigenvalue weighted by Crippen LogP contribution is 2.23. The zero-order valence-corrected chi connectivity index (χ0v) is 11.3. The highest BCUT2D eigenvalue weighted by Gasteiger charge is 2.09. The molecule has 0 saturated carbocycles. The molecule has 0 fully saturated rings. The Kier molecular flexibility index (Phi) is 4.23. The van der Waals surface area contributed by atoms with Gasteiger partial charge < -0.3 is 9.47 Å². The third-order valence-electron chi connectivity index (χ3n) is 2.26. The van der Waals surface area contributed by atoms with E-state index in [2.05, 4.69) is 0 Å². The minimum Gasteiger partial charge on any atom is -0.497 e. The molecule has 0 unspecified atom stereocenters. The number of methoxy groups -OCH3 is 1. The second-order valence-electron chi connectivity index (χ2n) is 3.49. The molecule has 0 saturated heterocycles. The summed E-state index contributed by atoms with van der Waals surface area (Å²) in [7, 11) is 1.58. The molecule has 0 aliphatic rings. The van der Waals surface area contributed by atoms with E-state index in [1.165, 1.54) is 11.3 Å². The summed E-state index contributed by atoms with van der Waals surface area (Å²) in [4.78, 5) is 12.4. The molecule has 1 heterocycles. The fourth-order valence-corrected chi connectivity index (χ4v) is 2.34. The lowest BCUT2D eigenvalue weighted by Crippen LogP contribution is -2.09. The molecule has 0 amide bonds. The van der Waals surface area contributed by atoms with E-state index in [4.69, 9.17) is 21.1 Å². The number of benzene rings is 1. The van der Waals surface area contributed by atoms with Crippen molar-refractivity contribution in [1.29, 1.82) is 0 Å². The van der Waals surface area contributed by atoms with Gasteiger partial charge in [-0.3, -0.25) is 4.79 Å². The summed E-state index contributed by atoms with van der Waals surface area (Å²) < 4.78 is 11.1. The Morgan fingerprint density at radius 2 is 2.06 bits per heavy atom. The van der Waals surface area contributed by atoms with Gasteiger partial charge in [0, 0.05) is 6.07 Å². The van der Waals surface area contributed by atoms with Gasteiger partial charge in [0.15, 0.2) is 6.61 Å². The van der Waals surface area contributed by atoms with Crippen molar-refractivity contribution in [2.24, 2.45) is 0 Å². The summed E-state index contributed by atoms with van der Waals surface area (Å²) in [6, 6.07) is 10.5. The standard InChI is InChI=1S/C13H11ClO3S/c1-16-9-3-2-4-10(7-9)17-8-11(15)12-5-6-13(14)18-12/h2-7H,8H2,1H3. The number of ketones is 1. The summed E-state index contributed by atoms with van der Waals surface area (Å²) in [5.74, 6) is 1.21. The van der Waals surface area contributed by atoms with Crippen LogP contribution in [0.4, 0.5) is 0 Å². The van der Waals surface area contributed by atoms with Gasteiger partial charge in [-0.25, -0.2) is 0 Å². The van der Waals surface area contributed by atoms with Crippen molar-refractivity contribution >= 4 is 28.7 Å². The van der Waals surface area contributed by atoms with E-state index < -0.39 is 0 Å². The number of Topliss-reactive ketones (excluding diaryl/α,β-unsaturated/α-hetero) is 1. The summed E-state index contributed by atoms with van der Waals surface area (Å²) in [5, 5.41) is 0. The zero-order chi connectivity index (χ0) is 13.0. The molecule has 0 aliphatic heterocycles. The van der Waals surface area contributed by atoms with E-state index in [0.717, 1.165) is 0 Å². The molecule has 0 radical (unpaired) electrons. The van der Waals surface area contributed by atoms with Crippen LogP contribution in [0.2, 0.25) is 4.34 Å². The summed E-state index contributed by atoms with van der Waals surface area (Å²) in [5.41, 5.74) is 0. The molecule has 0 spiro atoms. The highest BCUT2D eigenvalue weighted by atomic mass is 35.5. The lowest BCUT2D eigenvalue weighted by Gasteiger charge is -2.06. The van der Waals surface area contributed by atoms with Gasteiger partial charge in [-0.15, -0.1) is 11.3 Å². The second kappa shape index (κ2) is 5.89. The number of carbonyl (C=O) groups is 1. The first kappa shape index (κ1) is 12.9. The minimum absolute atomic E-state index is 0.00991. The van der Waals surface area contributed by atoms with Gasteiger partial charge in [0.25, 0.3) is 0 Å². The second-order valence-corrected chi connectivity index (χ2v) is 5.21. The van der Waals surface area contributed by atoms with E-state index in [1.54, 1.807) is 37.4 Å². The molecule has 3 nitrogen and oxygen atoms in total. The van der Waals surface area contributed by atoms with Crippen molar-refractivity contribution in [3.8, 4) is 11.5 Å². The lowest BCUT2D eigenvalue weighted by molar-refractivity contribution is 0.0925. The lowest BCUT2D eigenvalue weighted by atomic mass is 10.3. The molecular weight excluding hydrogens is 272 g/mol. The topological polar surface area (TPSA) is 35.5 Å². The molecule has 0 N–H and O–H groups in total. The number of rotatable bonds is 5. The molecule has 0 aliphatic carbocycles. The SMILES string of the molecule is COc1cccc(OCC(=O)c2ccc(Cl)s2)c1. The Morgan fingerprint density at radius 1 is 1.28 bits per heavy atom. The molecule has 1 aromatic carbocycles. The average Bonchev–Trinajstić information content (AvgIpc) is 2.83. The van der Waals surface area contributed by atoms with Crippen LogP contribution in [0.1, 0.15) is 9.67 Å². The van der Waals surface area contributed by atoms with Crippen LogP contribution < -0.4 is 9.47 Å². The quantitative estimate of drug-likeness (QED) is 0.785. The molecule has 0 atom stereocenters. The Labute approximate surface area is 114 Å². The Balaban J connectivity index is 1.97. The maximum atomic E-state index is 11.8. The maximum Gasteiger partial charge on any atom is 0.210 e. The highest BCUT2D eigenvalue weighted by molar-refractivity contribution is 7.18. The average molecular weight is 283 g/mol. The van der Waals surface area contributed by atoms with E-state index in [0.29, 0.717) is 20.7 Å². The van der Waals surface area contributed by atoms with Crippen LogP contribution in [0, 0.1) is 0 Å². The molecule has 2 aromatic rings. The molecule has 0 bridgehead atoms. The van der Waals surface area contributed by atoms with Gasteiger partial charge in [-0.2, -0.15) is 0 Å². The first-order chi connectivity index (χ1) is 8.69. The Hall–Kier alpha value is -1.52. The van der Waals surface area contributed by atoms with Gasteiger partial charge in [0.1, 0.15) is 11.5 Å². The van der Waals surface area contributed by atoms with Crippen molar-refractivity contribution < 1.29 is 14.3 Å². The van der Waals surface area contributed by atoms with Gasteiger partial charge in [-0.05, 0) is 24.3 Å². The predicted octanol–water partition coefficient (Wildman–Crippen LogP) is 3.67. The van der Waals surface area contributed by atoms with Crippen molar-refractivity contribution in [3.05, 3.63) is 45.6 Å². The van der Waals surface area contributed by atoms with Crippen molar-refractivity contribution in [3.63, 3.8) is 0 Å². The number of thiophene rings is 1. The fraction of sp³-hybridized carbons (Fsp3) is 0.154. The van der Waals surface area contributed by atoms with Gasteiger partial charge in [-0.1, -0.05) is 17.7 Å². The molecule has 1 aromatic heterocycles. The first-order valence-corrected chi connectivity index (χ1v) is 6.44. The summed E-state index contributed by atoms with van der Waals surface area (Å²) >= 11 is 7.02. The smallest absolute Gasteiger partial charge is 0.210 e. The molecule has 2 rings (SSSR count). The van der Waals surface area contributed by atoms with Crippen LogP contribution in [0.25, 0.3) is 0 Å². The van der Waals surface area contributed by atoms with Crippen LogP contribution in [-0.4, -0.2) is 19.5 Å². The Morgan fingerprint density at radius 3 is 2.72 bits per heavy atom. The van der Waals surface area contributed by atoms with Crippen LogP contribution in [0.5, 0.6) is 11.5 Å². The molecular formula is C13H11ClO3S. The van der Waals surface area contributed by atoms with Crippen LogP contribution in [0.15, 0.2) is 36.4 Å². The maximum absolute atomic E-state index is 11.8. The van der Waals surface area contributed by atoms with Gasteiger partial charge in [0.05, 0.1) is 16.3 Å². The first-order valence-electron chi connectivity index (χ1n) is 5.24.